The minimum Gasteiger partial charge on any atom is -0.150 e. The van der Waals surface area contributed by atoms with Crippen molar-refractivity contribution in [2.45, 2.75) is 43.6 Å². The molecule has 0 saturated heterocycles. The first-order chi connectivity index (χ1) is 11.2. The molecule has 2 saturated carbocycles. The van der Waals surface area contributed by atoms with E-state index in [1.165, 1.54) is 11.1 Å². The van der Waals surface area contributed by atoms with Crippen molar-refractivity contribution in [1.29, 1.82) is 0 Å². The van der Waals surface area contributed by atoms with E-state index in [2.05, 4.69) is 5.18 Å². The Kier molecular flexibility index (Phi) is 3.90. The van der Waals surface area contributed by atoms with Crippen molar-refractivity contribution in [1.82, 2.24) is 0 Å². The van der Waals surface area contributed by atoms with Gasteiger partial charge in [0.25, 0.3) is 0 Å². The number of benzene rings is 2. The Morgan fingerprint density at radius 1 is 0.826 bits per heavy atom. The summed E-state index contributed by atoms with van der Waals surface area (Å²) in [4.78, 5) is 11.8. The molecule has 0 aliphatic heterocycles. The van der Waals surface area contributed by atoms with Crippen LogP contribution in [0.2, 0.25) is 10.0 Å². The van der Waals surface area contributed by atoms with Crippen molar-refractivity contribution in [2.75, 3.05) is 0 Å². The molecule has 2 aliphatic rings. The van der Waals surface area contributed by atoms with Crippen molar-refractivity contribution < 1.29 is 0 Å². The zero-order valence-electron chi connectivity index (χ0n) is 12.6. The molecule has 0 bridgehead atoms. The minimum atomic E-state index is -0.476. The Morgan fingerprint density at radius 3 is 1.61 bits per heavy atom. The van der Waals surface area contributed by atoms with Crippen LogP contribution in [0.3, 0.4) is 0 Å². The lowest BCUT2D eigenvalue weighted by Gasteiger charge is -2.18. The lowest BCUT2D eigenvalue weighted by atomic mass is 9.89. The van der Waals surface area contributed by atoms with Gasteiger partial charge >= 0.3 is 0 Å². The Bertz CT molecular complexity index is 704. The molecule has 118 valence electrons. The summed E-state index contributed by atoms with van der Waals surface area (Å²) in [6.45, 7) is 0. The van der Waals surface area contributed by atoms with Crippen molar-refractivity contribution >= 4 is 23.2 Å². The van der Waals surface area contributed by atoms with Crippen LogP contribution in [-0.2, 0) is 0 Å². The second kappa shape index (κ2) is 5.92. The van der Waals surface area contributed by atoms with Gasteiger partial charge in [-0.25, -0.2) is 0 Å². The molecule has 2 nitrogen and oxygen atoms in total. The Morgan fingerprint density at radius 2 is 1.26 bits per heavy atom. The fourth-order valence-corrected chi connectivity index (χ4v) is 3.73. The summed E-state index contributed by atoms with van der Waals surface area (Å²) in [5.41, 5.74) is 4.35. The van der Waals surface area contributed by atoms with Gasteiger partial charge in [0.2, 0.25) is 0 Å². The normalized spacial score (nSPS) is 17.5. The highest BCUT2D eigenvalue weighted by molar-refractivity contribution is 6.31. The molecule has 0 amide bonds. The van der Waals surface area contributed by atoms with Gasteiger partial charge in [-0.2, -0.15) is 0 Å². The van der Waals surface area contributed by atoms with E-state index >= 15 is 0 Å². The van der Waals surface area contributed by atoms with Gasteiger partial charge in [-0.3, -0.25) is 0 Å². The molecular formula is C19H17Cl2NO. The summed E-state index contributed by atoms with van der Waals surface area (Å²) in [6.07, 6.45) is 4.65. The highest BCUT2D eigenvalue weighted by Crippen LogP contribution is 2.49. The van der Waals surface area contributed by atoms with Crippen molar-refractivity contribution in [3.63, 3.8) is 0 Å². The number of rotatable bonds is 5. The maximum absolute atomic E-state index is 11.8. The van der Waals surface area contributed by atoms with Gasteiger partial charge in [-0.15, -0.1) is 4.91 Å². The topological polar surface area (TPSA) is 29.4 Å². The third kappa shape index (κ3) is 3.02. The lowest BCUT2D eigenvalue weighted by Crippen LogP contribution is -2.05. The molecule has 0 radical (unpaired) electrons. The van der Waals surface area contributed by atoms with E-state index in [1.807, 2.05) is 36.4 Å². The van der Waals surface area contributed by atoms with Crippen LogP contribution in [0.15, 0.2) is 41.6 Å². The fraction of sp³-hybridized carbons (Fsp3) is 0.368. The van der Waals surface area contributed by atoms with E-state index in [9.17, 15) is 4.91 Å². The van der Waals surface area contributed by atoms with Crippen LogP contribution in [-0.4, -0.2) is 0 Å². The summed E-state index contributed by atoms with van der Waals surface area (Å²) < 4.78 is 0. The lowest BCUT2D eigenvalue weighted by molar-refractivity contribution is 0.822. The SMILES string of the molecule is O=NC(c1ccc(Cl)cc1C1CC1)c1ccc(Cl)cc1C1CC1. The molecule has 0 atom stereocenters. The molecule has 4 heteroatoms. The maximum atomic E-state index is 11.8. The maximum Gasteiger partial charge on any atom is 0.142 e. The average Bonchev–Trinajstić information content (AvgIpc) is 3.42. The van der Waals surface area contributed by atoms with Crippen molar-refractivity contribution in [3.05, 3.63) is 73.6 Å². The first-order valence-electron chi connectivity index (χ1n) is 8.08. The summed E-state index contributed by atoms with van der Waals surface area (Å²) in [5.74, 6) is 1.04. The first kappa shape index (κ1) is 15.2. The molecule has 2 aromatic rings. The van der Waals surface area contributed by atoms with Gasteiger partial charge in [0, 0.05) is 10.0 Å². The van der Waals surface area contributed by atoms with Crippen LogP contribution in [0.1, 0.15) is 65.8 Å². The zero-order chi connectivity index (χ0) is 16.0. The number of hydrogen-bond acceptors (Lipinski definition) is 2. The number of nitroso groups, excluding NO2 is 1. The highest BCUT2D eigenvalue weighted by atomic mass is 35.5. The Labute approximate surface area is 145 Å². The van der Waals surface area contributed by atoms with Gasteiger partial charge in [0.05, 0.1) is 0 Å². The predicted octanol–water partition coefficient (Wildman–Crippen LogP) is 6.60. The summed E-state index contributed by atoms with van der Waals surface area (Å²) >= 11 is 12.3. The van der Waals surface area contributed by atoms with E-state index in [0.29, 0.717) is 11.8 Å². The van der Waals surface area contributed by atoms with Crippen LogP contribution in [0.25, 0.3) is 0 Å². The van der Waals surface area contributed by atoms with Crippen LogP contribution in [0.4, 0.5) is 0 Å². The van der Waals surface area contributed by atoms with Crippen molar-refractivity contribution in [2.24, 2.45) is 5.18 Å². The Balaban J connectivity index is 1.82. The van der Waals surface area contributed by atoms with Gasteiger partial charge in [0.15, 0.2) is 0 Å². The van der Waals surface area contributed by atoms with Crippen LogP contribution >= 0.6 is 23.2 Å². The zero-order valence-corrected chi connectivity index (χ0v) is 14.1. The van der Waals surface area contributed by atoms with E-state index in [1.54, 1.807) is 0 Å². The Hall–Kier alpha value is -1.38. The summed E-state index contributed by atoms with van der Waals surface area (Å²) in [6, 6.07) is 11.2. The summed E-state index contributed by atoms with van der Waals surface area (Å²) in [7, 11) is 0. The average molecular weight is 346 g/mol. The molecule has 0 aromatic heterocycles. The van der Waals surface area contributed by atoms with Crippen LogP contribution in [0.5, 0.6) is 0 Å². The third-order valence-electron chi connectivity index (χ3n) is 4.83. The first-order valence-corrected chi connectivity index (χ1v) is 8.84. The van der Waals surface area contributed by atoms with Crippen LogP contribution in [0, 0.1) is 4.91 Å². The molecule has 0 N–H and O–H groups in total. The number of hydrogen-bond donors (Lipinski definition) is 0. The van der Waals surface area contributed by atoms with E-state index in [-0.39, 0.29) is 0 Å². The van der Waals surface area contributed by atoms with Gasteiger partial charge < -0.3 is 0 Å². The van der Waals surface area contributed by atoms with Crippen LogP contribution < -0.4 is 0 Å². The predicted molar refractivity (Wildman–Crippen MR) is 94.5 cm³/mol. The molecule has 4 rings (SSSR count). The minimum absolute atomic E-state index is 0.476. The largest absolute Gasteiger partial charge is 0.150 e. The summed E-state index contributed by atoms with van der Waals surface area (Å²) in [5, 5.41) is 4.94. The third-order valence-corrected chi connectivity index (χ3v) is 5.30. The molecule has 23 heavy (non-hydrogen) atoms. The molecule has 2 fully saturated rings. The van der Waals surface area contributed by atoms with Gasteiger partial charge in [-0.1, -0.05) is 40.5 Å². The second-order valence-corrected chi connectivity index (χ2v) is 7.48. The van der Waals surface area contributed by atoms with Gasteiger partial charge in [0.1, 0.15) is 6.04 Å². The second-order valence-electron chi connectivity index (χ2n) is 6.60. The molecule has 0 unspecified atom stereocenters. The molecular weight excluding hydrogens is 329 g/mol. The molecule has 0 spiro atoms. The number of halogens is 2. The molecule has 2 aliphatic carbocycles. The number of nitrogens with zero attached hydrogens (tertiary/aromatic N) is 1. The van der Waals surface area contributed by atoms with E-state index in [4.69, 9.17) is 23.2 Å². The molecule has 0 heterocycles. The highest BCUT2D eigenvalue weighted by Gasteiger charge is 2.33. The monoisotopic (exact) mass is 345 g/mol. The van der Waals surface area contributed by atoms with E-state index in [0.717, 1.165) is 46.9 Å². The van der Waals surface area contributed by atoms with Crippen molar-refractivity contribution in [3.8, 4) is 0 Å². The van der Waals surface area contributed by atoms with E-state index < -0.39 is 6.04 Å². The quantitative estimate of drug-likeness (QED) is 0.561. The molecule has 2 aromatic carbocycles. The standard InChI is InChI=1S/C19H17Cl2NO/c20-13-5-7-15(17(9-13)11-1-2-11)19(22-23)16-8-6-14(21)10-18(16)12-3-4-12/h5-12,19H,1-4H2. The smallest absolute Gasteiger partial charge is 0.142 e. The van der Waals surface area contributed by atoms with Gasteiger partial charge in [-0.05, 0) is 84.0 Å². The fourth-order valence-electron chi connectivity index (χ4n) is 3.37.